The van der Waals surface area contributed by atoms with Crippen LogP contribution >= 0.6 is 15.9 Å². The van der Waals surface area contributed by atoms with Gasteiger partial charge in [-0.25, -0.2) is 0 Å². The molecule has 1 aromatic carbocycles. The second kappa shape index (κ2) is 8.48. The van der Waals surface area contributed by atoms with Crippen molar-refractivity contribution in [2.24, 2.45) is 0 Å². The lowest BCUT2D eigenvalue weighted by Crippen LogP contribution is -3.28. The van der Waals surface area contributed by atoms with Gasteiger partial charge in [0.2, 0.25) is 5.91 Å². The van der Waals surface area contributed by atoms with Crippen molar-refractivity contribution in [1.82, 2.24) is 0 Å². The van der Waals surface area contributed by atoms with Gasteiger partial charge in [0.05, 0.1) is 19.6 Å². The number of anilines is 1. The number of nitrogens with one attached hydrogen (secondary N) is 3. The van der Waals surface area contributed by atoms with Gasteiger partial charge < -0.3 is 20.2 Å². The number of quaternary nitrogens is 2. The molecule has 116 valence electrons. The van der Waals surface area contributed by atoms with Crippen molar-refractivity contribution < 1.29 is 19.7 Å². The molecule has 1 aliphatic rings. The summed E-state index contributed by atoms with van der Waals surface area (Å²) in [7, 11) is 0. The molecule has 0 bridgehead atoms. The number of carbonyl (C=O) groups is 1. The van der Waals surface area contributed by atoms with Crippen molar-refractivity contribution in [3.05, 3.63) is 28.7 Å². The number of aliphatic hydroxyl groups excluding tert-OH is 1. The van der Waals surface area contributed by atoms with E-state index in [9.17, 15) is 4.79 Å². The number of amides is 1. The van der Waals surface area contributed by atoms with E-state index < -0.39 is 0 Å². The smallest absolute Gasteiger partial charge is 0.230 e. The average Bonchev–Trinajstić information content (AvgIpc) is 2.49. The first-order chi connectivity index (χ1) is 10.2. The Balaban J connectivity index is 1.66. The number of piperazine rings is 1. The molecule has 1 aromatic rings. The van der Waals surface area contributed by atoms with Crippen LogP contribution in [-0.2, 0) is 4.79 Å². The fourth-order valence-corrected chi connectivity index (χ4v) is 2.93. The normalized spacial score (nSPS) is 22.0. The van der Waals surface area contributed by atoms with E-state index in [-0.39, 0.29) is 12.5 Å². The molecule has 0 spiro atoms. The van der Waals surface area contributed by atoms with Gasteiger partial charge in [0.1, 0.15) is 32.7 Å². The van der Waals surface area contributed by atoms with Crippen LogP contribution in [0.25, 0.3) is 0 Å². The Hall–Kier alpha value is -0.950. The van der Waals surface area contributed by atoms with Crippen LogP contribution < -0.4 is 15.1 Å². The van der Waals surface area contributed by atoms with Crippen molar-refractivity contribution in [2.45, 2.75) is 6.42 Å². The molecule has 5 nitrogen and oxygen atoms in total. The monoisotopic (exact) mass is 357 g/mol. The third kappa shape index (κ3) is 5.74. The highest BCUT2D eigenvalue weighted by atomic mass is 79.9. The number of hydrogen-bond acceptors (Lipinski definition) is 2. The van der Waals surface area contributed by atoms with Crippen molar-refractivity contribution in [2.75, 3.05) is 51.2 Å². The molecule has 1 saturated heterocycles. The molecule has 2 rings (SSSR count). The van der Waals surface area contributed by atoms with E-state index in [0.29, 0.717) is 6.42 Å². The van der Waals surface area contributed by atoms with Crippen LogP contribution in [0.2, 0.25) is 0 Å². The number of carbonyl (C=O) groups excluding carboxylic acids is 1. The molecular formula is C15H24BrN3O2+2. The predicted molar refractivity (Wildman–Crippen MR) is 85.6 cm³/mol. The standard InChI is InChI=1S/C15H22BrN3O2/c16-13-1-3-14(4-2-13)17-15(21)5-6-18-7-9-19(10-8-18)11-12-20/h1-4,20H,5-12H2,(H,17,21)/p+2. The predicted octanol–water partition coefficient (Wildman–Crippen LogP) is -1.45. The van der Waals surface area contributed by atoms with E-state index in [2.05, 4.69) is 21.2 Å². The largest absolute Gasteiger partial charge is 0.391 e. The Bertz CT molecular complexity index is 445. The van der Waals surface area contributed by atoms with E-state index in [1.807, 2.05) is 24.3 Å². The molecule has 4 N–H and O–H groups in total. The SMILES string of the molecule is O=C(CC[NH+]1CC[NH+](CCO)CC1)Nc1ccc(Br)cc1. The highest BCUT2D eigenvalue weighted by molar-refractivity contribution is 9.10. The van der Waals surface area contributed by atoms with Crippen LogP contribution in [0, 0.1) is 0 Å². The summed E-state index contributed by atoms with van der Waals surface area (Å²) in [5.74, 6) is 0.0787. The molecule has 1 aliphatic heterocycles. The Morgan fingerprint density at radius 3 is 2.24 bits per heavy atom. The van der Waals surface area contributed by atoms with Gasteiger partial charge in [-0.3, -0.25) is 4.79 Å². The third-order valence-corrected chi connectivity index (χ3v) is 4.49. The van der Waals surface area contributed by atoms with Crippen LogP contribution in [-0.4, -0.2) is 56.9 Å². The lowest BCUT2D eigenvalue weighted by Gasteiger charge is -2.29. The zero-order valence-corrected chi connectivity index (χ0v) is 13.8. The highest BCUT2D eigenvalue weighted by Gasteiger charge is 2.22. The Labute approximate surface area is 134 Å². The second-order valence-corrected chi connectivity index (χ2v) is 6.44. The van der Waals surface area contributed by atoms with Crippen LogP contribution in [0.3, 0.4) is 0 Å². The summed E-state index contributed by atoms with van der Waals surface area (Å²) in [5, 5.41) is 11.9. The first-order valence-corrected chi connectivity index (χ1v) is 8.30. The van der Waals surface area contributed by atoms with Crippen LogP contribution in [0.5, 0.6) is 0 Å². The van der Waals surface area contributed by atoms with E-state index in [0.717, 1.165) is 49.4 Å². The molecule has 0 saturated carbocycles. The molecule has 6 heteroatoms. The summed E-state index contributed by atoms with van der Waals surface area (Å²) in [5.41, 5.74) is 0.843. The number of hydrogen-bond donors (Lipinski definition) is 4. The lowest BCUT2D eigenvalue weighted by atomic mass is 10.2. The summed E-state index contributed by atoms with van der Waals surface area (Å²) in [6.07, 6.45) is 0.556. The molecule has 1 heterocycles. The van der Waals surface area contributed by atoms with Gasteiger partial charge >= 0.3 is 0 Å². The fourth-order valence-electron chi connectivity index (χ4n) is 2.66. The van der Waals surface area contributed by atoms with E-state index >= 15 is 0 Å². The van der Waals surface area contributed by atoms with E-state index in [1.54, 1.807) is 0 Å². The maximum atomic E-state index is 11.9. The molecule has 0 aromatic heterocycles. The van der Waals surface area contributed by atoms with Crippen LogP contribution in [0.15, 0.2) is 28.7 Å². The van der Waals surface area contributed by atoms with Crippen LogP contribution in [0.4, 0.5) is 5.69 Å². The minimum Gasteiger partial charge on any atom is -0.391 e. The first-order valence-electron chi connectivity index (χ1n) is 7.51. The van der Waals surface area contributed by atoms with E-state index in [1.165, 1.54) is 9.80 Å². The van der Waals surface area contributed by atoms with Crippen molar-refractivity contribution >= 4 is 27.5 Å². The van der Waals surface area contributed by atoms with Gasteiger partial charge in [-0.2, -0.15) is 0 Å². The molecule has 21 heavy (non-hydrogen) atoms. The van der Waals surface area contributed by atoms with Gasteiger partial charge in [0.25, 0.3) is 0 Å². The number of benzene rings is 1. The van der Waals surface area contributed by atoms with Crippen LogP contribution in [0.1, 0.15) is 6.42 Å². The summed E-state index contributed by atoms with van der Waals surface area (Å²) in [6.45, 7) is 6.34. The number of aliphatic hydroxyl groups is 1. The molecule has 0 unspecified atom stereocenters. The van der Waals surface area contributed by atoms with Gasteiger partial charge in [0, 0.05) is 10.2 Å². The summed E-state index contributed by atoms with van der Waals surface area (Å²) in [6, 6.07) is 7.63. The Kier molecular flexibility index (Phi) is 6.63. The maximum Gasteiger partial charge on any atom is 0.230 e. The average molecular weight is 358 g/mol. The van der Waals surface area contributed by atoms with Gasteiger partial charge in [0.15, 0.2) is 0 Å². The van der Waals surface area contributed by atoms with Gasteiger partial charge in [-0.15, -0.1) is 0 Å². The topological polar surface area (TPSA) is 58.2 Å². The molecule has 0 radical (unpaired) electrons. The molecule has 0 atom stereocenters. The van der Waals surface area contributed by atoms with E-state index in [4.69, 9.17) is 5.11 Å². The molecule has 1 amide bonds. The molecular weight excluding hydrogens is 334 g/mol. The fraction of sp³-hybridized carbons (Fsp3) is 0.533. The highest BCUT2D eigenvalue weighted by Crippen LogP contribution is 2.13. The quantitative estimate of drug-likeness (QED) is 0.503. The second-order valence-electron chi connectivity index (χ2n) is 5.53. The Morgan fingerprint density at radius 2 is 1.67 bits per heavy atom. The van der Waals surface area contributed by atoms with Gasteiger partial charge in [-0.1, -0.05) is 15.9 Å². The zero-order valence-electron chi connectivity index (χ0n) is 12.2. The number of halogens is 1. The summed E-state index contributed by atoms with van der Waals surface area (Å²) < 4.78 is 1.01. The first kappa shape index (κ1) is 16.4. The number of rotatable bonds is 6. The summed E-state index contributed by atoms with van der Waals surface area (Å²) >= 11 is 3.38. The maximum absolute atomic E-state index is 11.9. The Morgan fingerprint density at radius 1 is 1.10 bits per heavy atom. The third-order valence-electron chi connectivity index (χ3n) is 3.96. The zero-order chi connectivity index (χ0) is 15.1. The molecule has 0 aliphatic carbocycles. The minimum absolute atomic E-state index is 0.0787. The minimum atomic E-state index is 0.0787. The van der Waals surface area contributed by atoms with Crippen molar-refractivity contribution in [3.63, 3.8) is 0 Å². The van der Waals surface area contributed by atoms with Crippen molar-refractivity contribution in [3.8, 4) is 0 Å². The van der Waals surface area contributed by atoms with Crippen molar-refractivity contribution in [1.29, 1.82) is 0 Å². The lowest BCUT2D eigenvalue weighted by molar-refractivity contribution is -1.01. The molecule has 1 fully saturated rings. The summed E-state index contributed by atoms with van der Waals surface area (Å²) in [4.78, 5) is 14.9. The van der Waals surface area contributed by atoms with Gasteiger partial charge in [-0.05, 0) is 24.3 Å².